The molecule has 31 heavy (non-hydrogen) atoms. The molecule has 164 valence electrons. The van der Waals surface area contributed by atoms with E-state index in [-0.39, 0.29) is 34.1 Å². The fourth-order valence-corrected chi connectivity index (χ4v) is 4.04. The van der Waals surface area contributed by atoms with Crippen molar-refractivity contribution in [3.8, 4) is 10.6 Å². The largest absolute Gasteiger partial charge is 0.435 e. The second-order valence-corrected chi connectivity index (χ2v) is 7.78. The number of thiazole rings is 1. The minimum atomic E-state index is -4.87. The molecule has 0 radical (unpaired) electrons. The van der Waals surface area contributed by atoms with E-state index in [1.165, 1.54) is 24.3 Å². The molecular weight excluding hydrogens is 466 g/mol. The first-order valence-corrected chi connectivity index (χ1v) is 9.93. The Balaban J connectivity index is 1.78. The molecule has 1 amide bonds. The van der Waals surface area contributed by atoms with Gasteiger partial charge in [-0.15, -0.1) is 11.3 Å². The molecule has 3 aromatic rings. The zero-order chi connectivity index (χ0) is 22.8. The molecule has 0 aliphatic carbocycles. The van der Waals surface area contributed by atoms with Crippen LogP contribution in [0.25, 0.3) is 10.6 Å². The zero-order valence-corrected chi connectivity index (χ0v) is 17.0. The number of carbonyl (C=O) groups excluding carboxylic acids is 1. The predicted molar refractivity (Wildman–Crippen MR) is 105 cm³/mol. The van der Waals surface area contributed by atoms with Crippen LogP contribution in [0.3, 0.4) is 0 Å². The molecule has 1 N–H and O–H groups in total. The summed E-state index contributed by atoms with van der Waals surface area (Å²) in [7, 11) is 0. The first-order valence-electron chi connectivity index (χ1n) is 8.74. The number of carbonyl (C=O) groups is 1. The highest BCUT2D eigenvalue weighted by Gasteiger charge is 2.40. The van der Waals surface area contributed by atoms with Gasteiger partial charge in [0.05, 0.1) is 10.6 Å². The Morgan fingerprint density at radius 1 is 1.00 bits per heavy atom. The first-order chi connectivity index (χ1) is 14.5. The van der Waals surface area contributed by atoms with Gasteiger partial charge in [0.25, 0.3) is 5.91 Å². The lowest BCUT2D eigenvalue weighted by molar-refractivity contribution is -0.141. The number of hydrogen-bond acceptors (Lipinski definition) is 3. The lowest BCUT2D eigenvalue weighted by atomic mass is 10.1. The highest BCUT2D eigenvalue weighted by atomic mass is 35.5. The summed E-state index contributed by atoms with van der Waals surface area (Å²) >= 11 is 6.55. The number of halogens is 7. The van der Waals surface area contributed by atoms with Crippen LogP contribution in [0.2, 0.25) is 5.02 Å². The highest BCUT2D eigenvalue weighted by molar-refractivity contribution is 7.17. The monoisotopic (exact) mass is 478 g/mol. The lowest BCUT2D eigenvalue weighted by Gasteiger charge is -2.10. The Hall–Kier alpha value is -2.59. The van der Waals surface area contributed by atoms with Crippen LogP contribution < -0.4 is 5.32 Å². The van der Waals surface area contributed by atoms with Crippen molar-refractivity contribution in [1.29, 1.82) is 0 Å². The third-order valence-corrected chi connectivity index (χ3v) is 5.58. The van der Waals surface area contributed by atoms with E-state index in [0.717, 1.165) is 12.1 Å². The summed E-state index contributed by atoms with van der Waals surface area (Å²) in [5.41, 5.74) is -1.65. The van der Waals surface area contributed by atoms with Crippen LogP contribution in [0.4, 0.5) is 26.3 Å². The maximum Gasteiger partial charge on any atom is 0.435 e. The molecular formula is C20H13ClF6N2OS. The van der Waals surface area contributed by atoms with Gasteiger partial charge in [-0.3, -0.25) is 4.79 Å². The van der Waals surface area contributed by atoms with E-state index in [9.17, 15) is 31.1 Å². The summed E-state index contributed by atoms with van der Waals surface area (Å²) in [5.74, 6) is -1.02. The molecule has 3 nitrogen and oxygen atoms in total. The van der Waals surface area contributed by atoms with Crippen molar-refractivity contribution in [1.82, 2.24) is 10.3 Å². The van der Waals surface area contributed by atoms with Gasteiger partial charge in [0.1, 0.15) is 9.88 Å². The second-order valence-electron chi connectivity index (χ2n) is 6.38. The van der Waals surface area contributed by atoms with Gasteiger partial charge in [-0.05, 0) is 24.1 Å². The number of nitrogens with one attached hydrogen (secondary N) is 1. The van der Waals surface area contributed by atoms with Crippen molar-refractivity contribution in [2.45, 2.75) is 18.8 Å². The molecule has 0 atom stereocenters. The maximum absolute atomic E-state index is 13.4. The molecule has 0 unspecified atom stereocenters. The summed E-state index contributed by atoms with van der Waals surface area (Å²) < 4.78 is 78.5. The average molecular weight is 479 g/mol. The van der Waals surface area contributed by atoms with Crippen LogP contribution >= 0.6 is 22.9 Å². The van der Waals surface area contributed by atoms with Crippen LogP contribution in [-0.2, 0) is 18.8 Å². The summed E-state index contributed by atoms with van der Waals surface area (Å²) in [6.45, 7) is -0.156. The molecule has 0 fully saturated rings. The highest BCUT2D eigenvalue weighted by Crippen LogP contribution is 2.39. The van der Waals surface area contributed by atoms with Crippen molar-refractivity contribution in [3.63, 3.8) is 0 Å². The van der Waals surface area contributed by atoms with Gasteiger partial charge in [0.15, 0.2) is 5.69 Å². The molecule has 3 rings (SSSR count). The molecule has 1 aromatic heterocycles. The quantitative estimate of drug-likeness (QED) is 0.427. The van der Waals surface area contributed by atoms with Gasteiger partial charge in [-0.2, -0.15) is 26.3 Å². The van der Waals surface area contributed by atoms with E-state index in [1.54, 1.807) is 12.1 Å². The Morgan fingerprint density at radius 2 is 1.71 bits per heavy atom. The van der Waals surface area contributed by atoms with Crippen molar-refractivity contribution < 1.29 is 31.1 Å². The van der Waals surface area contributed by atoms with Crippen molar-refractivity contribution >= 4 is 28.8 Å². The molecule has 0 bridgehead atoms. The van der Waals surface area contributed by atoms with E-state index in [1.807, 2.05) is 0 Å². The van der Waals surface area contributed by atoms with Gasteiger partial charge in [0, 0.05) is 12.1 Å². The number of rotatable bonds is 5. The fraction of sp³-hybridized carbons (Fsp3) is 0.200. The third kappa shape index (κ3) is 5.56. The third-order valence-electron chi connectivity index (χ3n) is 4.16. The molecule has 2 aromatic carbocycles. The van der Waals surface area contributed by atoms with Gasteiger partial charge < -0.3 is 5.32 Å². The van der Waals surface area contributed by atoms with Crippen LogP contribution in [0.5, 0.6) is 0 Å². The fourth-order valence-electron chi connectivity index (χ4n) is 2.72. The number of alkyl halides is 6. The summed E-state index contributed by atoms with van der Waals surface area (Å²) in [5, 5.41) is 2.43. The SMILES string of the molecule is O=C(NCCc1cccc(C(F)(F)F)c1)c1sc(-c2ccccc2Cl)nc1C(F)(F)F. The topological polar surface area (TPSA) is 42.0 Å². The van der Waals surface area contributed by atoms with Crippen molar-refractivity contribution in [2.75, 3.05) is 6.54 Å². The summed E-state index contributed by atoms with van der Waals surface area (Å²) in [4.78, 5) is 15.3. The van der Waals surface area contributed by atoms with E-state index in [0.29, 0.717) is 11.3 Å². The number of hydrogen-bond donors (Lipinski definition) is 1. The summed E-state index contributed by atoms with van der Waals surface area (Å²) in [6.07, 6.45) is -9.38. The standard InChI is InChI=1S/C20H13ClF6N2OS/c21-14-7-2-1-6-13(14)18-29-16(20(25,26)27)15(31-18)17(30)28-9-8-11-4-3-5-12(10-11)19(22,23)24/h1-7,10H,8-9H2,(H,28,30). The van der Waals surface area contributed by atoms with Crippen LogP contribution in [0.1, 0.15) is 26.5 Å². The Morgan fingerprint density at radius 3 is 2.35 bits per heavy atom. The van der Waals surface area contributed by atoms with Gasteiger partial charge in [-0.1, -0.05) is 48.0 Å². The predicted octanol–water partition coefficient (Wildman–Crippen LogP) is 6.47. The molecule has 0 aliphatic heterocycles. The van der Waals surface area contributed by atoms with Crippen molar-refractivity contribution in [3.05, 3.63) is 75.3 Å². The smallest absolute Gasteiger partial charge is 0.351 e. The van der Waals surface area contributed by atoms with Gasteiger partial charge >= 0.3 is 12.4 Å². The van der Waals surface area contributed by atoms with E-state index >= 15 is 0 Å². The zero-order valence-electron chi connectivity index (χ0n) is 15.4. The number of benzene rings is 2. The number of nitrogens with zero attached hydrogens (tertiary/aromatic N) is 1. The molecule has 0 saturated carbocycles. The Bertz CT molecular complexity index is 1090. The van der Waals surface area contributed by atoms with Crippen molar-refractivity contribution in [2.24, 2.45) is 0 Å². The van der Waals surface area contributed by atoms with E-state index in [2.05, 4.69) is 10.3 Å². The van der Waals surface area contributed by atoms with Crippen LogP contribution in [0.15, 0.2) is 48.5 Å². The molecule has 0 spiro atoms. The molecule has 11 heteroatoms. The average Bonchev–Trinajstić information content (AvgIpc) is 3.14. The van der Waals surface area contributed by atoms with Crippen LogP contribution in [0, 0.1) is 0 Å². The molecule has 0 aliphatic rings. The number of aromatic nitrogens is 1. The van der Waals surface area contributed by atoms with Crippen LogP contribution in [-0.4, -0.2) is 17.4 Å². The summed E-state index contributed by atoms with van der Waals surface area (Å²) in [6, 6.07) is 10.6. The normalized spacial score (nSPS) is 12.1. The van der Waals surface area contributed by atoms with E-state index < -0.39 is 34.4 Å². The maximum atomic E-state index is 13.4. The van der Waals surface area contributed by atoms with Gasteiger partial charge in [0.2, 0.25) is 0 Å². The Labute approximate surface area is 181 Å². The van der Waals surface area contributed by atoms with Gasteiger partial charge in [-0.25, -0.2) is 4.98 Å². The second kappa shape index (κ2) is 8.88. The minimum absolute atomic E-state index is 0.00713. The first kappa shape index (κ1) is 23.1. The minimum Gasteiger partial charge on any atom is -0.351 e. The number of amides is 1. The lowest BCUT2D eigenvalue weighted by Crippen LogP contribution is -2.27. The molecule has 0 saturated heterocycles. The molecule has 1 heterocycles. The Kier molecular flexibility index (Phi) is 6.61. The van der Waals surface area contributed by atoms with E-state index in [4.69, 9.17) is 11.6 Å².